The number of amides is 5. The lowest BCUT2D eigenvalue weighted by molar-refractivity contribution is -0.145. The van der Waals surface area contributed by atoms with Gasteiger partial charge in [0.05, 0.1) is 11.3 Å². The van der Waals surface area contributed by atoms with Crippen molar-refractivity contribution in [2.24, 2.45) is 28.1 Å². The smallest absolute Gasteiger partial charge is 0.315 e. The number of sulfonamides is 1. The van der Waals surface area contributed by atoms with Crippen molar-refractivity contribution in [1.82, 2.24) is 30.5 Å². The molecule has 5 amide bonds. The van der Waals surface area contributed by atoms with Gasteiger partial charge in [-0.15, -0.1) is 6.58 Å². The summed E-state index contributed by atoms with van der Waals surface area (Å²) in [6.45, 7) is 21.2. The van der Waals surface area contributed by atoms with Crippen molar-refractivity contribution in [2.75, 3.05) is 26.7 Å². The zero-order chi connectivity index (χ0) is 38.7. The van der Waals surface area contributed by atoms with Gasteiger partial charge in [0.1, 0.15) is 12.1 Å². The Kier molecular flexibility index (Phi) is 13.6. The van der Waals surface area contributed by atoms with Crippen molar-refractivity contribution in [1.29, 1.82) is 0 Å². The van der Waals surface area contributed by atoms with Crippen LogP contribution in [0.15, 0.2) is 12.7 Å². The fraction of sp³-hybridized carbons (Fsp3) is 0.811. The van der Waals surface area contributed by atoms with Gasteiger partial charge in [-0.05, 0) is 47.3 Å². The number of nitrogens with zero attached hydrogens (tertiary/aromatic N) is 2. The van der Waals surface area contributed by atoms with Crippen molar-refractivity contribution < 1.29 is 32.4 Å². The lowest BCUT2D eigenvalue weighted by Crippen LogP contribution is -2.62. The minimum absolute atomic E-state index is 0.0507. The summed E-state index contributed by atoms with van der Waals surface area (Å²) < 4.78 is 28.2. The Morgan fingerprint density at radius 3 is 2.10 bits per heavy atom. The van der Waals surface area contributed by atoms with E-state index in [1.807, 2.05) is 62.3 Å². The quantitative estimate of drug-likeness (QED) is 0.147. The van der Waals surface area contributed by atoms with Gasteiger partial charge in [0.2, 0.25) is 27.6 Å². The van der Waals surface area contributed by atoms with Crippen LogP contribution in [0.1, 0.15) is 107 Å². The molecule has 1 unspecified atom stereocenters. The zero-order valence-corrected chi connectivity index (χ0v) is 33.4. The molecule has 14 heteroatoms. The SMILES string of the molecule is C=CCNC(=O)C(=O)C(CCC)NC(=O)[C@@H]1[C@@H]2[C@H](CN1C(=O)[C@@H](NC(=O)N[C@H](CN(C)S(=O)(=O)C1CCCCC1)C(C)(C)C)C(C)(C)C)C2(C)C. The molecule has 0 aromatic rings. The molecule has 51 heavy (non-hydrogen) atoms. The summed E-state index contributed by atoms with van der Waals surface area (Å²) in [5, 5.41) is 10.7. The summed E-state index contributed by atoms with van der Waals surface area (Å²) in [5.41, 5.74) is -1.49. The number of piperidine rings is 1. The van der Waals surface area contributed by atoms with Gasteiger partial charge in [0, 0.05) is 32.7 Å². The molecular formula is C37H64N6O7S. The molecule has 3 aliphatic rings. The molecular weight excluding hydrogens is 673 g/mol. The van der Waals surface area contributed by atoms with Gasteiger partial charge in [0.25, 0.3) is 5.91 Å². The second-order valence-electron chi connectivity index (χ2n) is 17.5. The van der Waals surface area contributed by atoms with Crippen molar-refractivity contribution in [3.8, 4) is 0 Å². The van der Waals surface area contributed by atoms with Crippen LogP contribution in [0.4, 0.5) is 4.79 Å². The van der Waals surface area contributed by atoms with Gasteiger partial charge in [-0.2, -0.15) is 0 Å². The number of rotatable bonds is 15. The highest BCUT2D eigenvalue weighted by Gasteiger charge is 2.70. The van der Waals surface area contributed by atoms with Gasteiger partial charge >= 0.3 is 6.03 Å². The minimum atomic E-state index is -3.56. The summed E-state index contributed by atoms with van der Waals surface area (Å²) in [6, 6.07) is -4.17. The van der Waals surface area contributed by atoms with Gasteiger partial charge in [0.15, 0.2) is 0 Å². The number of nitrogens with one attached hydrogen (secondary N) is 4. The summed E-state index contributed by atoms with van der Waals surface area (Å²) in [7, 11) is -2.00. The van der Waals surface area contributed by atoms with Gasteiger partial charge in [-0.3, -0.25) is 19.2 Å². The maximum atomic E-state index is 14.4. The fourth-order valence-corrected chi connectivity index (χ4v) is 9.49. The number of carbonyl (C=O) groups is 5. The van der Waals surface area contributed by atoms with Crippen LogP contribution in [0.2, 0.25) is 0 Å². The third-order valence-corrected chi connectivity index (χ3v) is 13.5. The molecule has 2 saturated carbocycles. The first-order valence-corrected chi connectivity index (χ1v) is 20.1. The molecule has 1 heterocycles. The first kappa shape index (κ1) is 42.4. The first-order chi connectivity index (χ1) is 23.5. The number of hydrogen-bond donors (Lipinski definition) is 4. The number of likely N-dealkylation sites (tertiary alicyclic amines) is 1. The molecule has 4 N–H and O–H groups in total. The highest BCUT2D eigenvalue weighted by atomic mass is 32.2. The van der Waals surface area contributed by atoms with Crippen LogP contribution in [-0.4, -0.2) is 103 Å². The summed E-state index contributed by atoms with van der Waals surface area (Å²) in [6.07, 6.45) is 6.31. The van der Waals surface area contributed by atoms with Crippen LogP contribution in [0, 0.1) is 28.1 Å². The van der Waals surface area contributed by atoms with Crippen molar-refractivity contribution in [2.45, 2.75) is 137 Å². The normalized spacial score (nSPS) is 23.7. The van der Waals surface area contributed by atoms with Crippen LogP contribution in [0.3, 0.4) is 0 Å². The van der Waals surface area contributed by atoms with E-state index in [1.165, 1.54) is 15.3 Å². The van der Waals surface area contributed by atoms with E-state index in [2.05, 4.69) is 27.8 Å². The number of ketones is 1. The third-order valence-electron chi connectivity index (χ3n) is 11.2. The highest BCUT2D eigenvalue weighted by Crippen LogP contribution is 2.65. The predicted molar refractivity (Wildman–Crippen MR) is 198 cm³/mol. The Labute approximate surface area is 305 Å². The molecule has 13 nitrogen and oxygen atoms in total. The van der Waals surface area contributed by atoms with E-state index in [4.69, 9.17) is 0 Å². The summed E-state index contributed by atoms with van der Waals surface area (Å²) in [5.74, 6) is -2.60. The highest BCUT2D eigenvalue weighted by molar-refractivity contribution is 7.89. The largest absolute Gasteiger partial charge is 0.346 e. The number of carbonyl (C=O) groups excluding carboxylic acids is 5. The average molecular weight is 737 g/mol. The fourth-order valence-electron chi connectivity index (χ4n) is 7.70. The Morgan fingerprint density at radius 1 is 0.961 bits per heavy atom. The number of hydrogen-bond acceptors (Lipinski definition) is 7. The van der Waals surface area contributed by atoms with Crippen LogP contribution in [-0.2, 0) is 29.2 Å². The number of Topliss-reactive ketones (excluding diaryl/α,β-unsaturated/α-hetero) is 1. The van der Waals surface area contributed by atoms with Crippen LogP contribution >= 0.6 is 0 Å². The monoisotopic (exact) mass is 736 g/mol. The standard InChI is InChI=1S/C37H64N6O7S/c1-12-17-25(29(44)32(46)38-20-13-2)39-31(45)28-27-24(37(27,9)10)21-43(28)33(47)30(36(6,7)8)41-34(48)40-26(35(3,4)5)22-42(11)51(49,50)23-18-15-14-16-19-23/h13,23-28,30H,2,12,14-22H2,1,3-11H3,(H,38,46)(H,39,45)(H2,40,41,48)/t24-,25?,26+,27-,28-,30+/m0/s1. The molecule has 0 aromatic heterocycles. The molecule has 0 aromatic carbocycles. The molecule has 6 atom stereocenters. The maximum Gasteiger partial charge on any atom is 0.315 e. The van der Waals surface area contributed by atoms with Gasteiger partial charge in [-0.25, -0.2) is 17.5 Å². The molecule has 290 valence electrons. The van der Waals surface area contributed by atoms with E-state index in [1.54, 1.807) is 7.05 Å². The first-order valence-electron chi connectivity index (χ1n) is 18.6. The van der Waals surface area contributed by atoms with E-state index in [9.17, 15) is 32.4 Å². The molecule has 0 spiro atoms. The third kappa shape index (κ3) is 9.91. The number of urea groups is 1. The Balaban J connectivity index is 1.81. The molecule has 2 aliphatic carbocycles. The van der Waals surface area contributed by atoms with Crippen molar-refractivity contribution in [3.05, 3.63) is 12.7 Å². The van der Waals surface area contributed by atoms with Crippen molar-refractivity contribution >= 4 is 39.6 Å². The van der Waals surface area contributed by atoms with Crippen molar-refractivity contribution in [3.63, 3.8) is 0 Å². The van der Waals surface area contributed by atoms with Gasteiger partial charge in [-0.1, -0.05) is 94.1 Å². The average Bonchev–Trinajstić information content (AvgIpc) is 3.34. The second-order valence-corrected chi connectivity index (χ2v) is 19.8. The molecule has 0 radical (unpaired) electrons. The molecule has 3 fully saturated rings. The lowest BCUT2D eigenvalue weighted by Gasteiger charge is -2.39. The van der Waals surface area contributed by atoms with Gasteiger partial charge < -0.3 is 26.2 Å². The van der Waals surface area contributed by atoms with E-state index in [0.29, 0.717) is 25.8 Å². The summed E-state index contributed by atoms with van der Waals surface area (Å²) in [4.78, 5) is 69.2. The van der Waals surface area contributed by atoms with E-state index < -0.39 is 79.8 Å². The number of likely N-dealkylation sites (N-methyl/N-ethyl adjacent to an activating group) is 1. The molecule has 1 aliphatic heterocycles. The summed E-state index contributed by atoms with van der Waals surface area (Å²) >= 11 is 0. The lowest BCUT2D eigenvalue weighted by atomic mass is 9.85. The number of fused-ring (bicyclic) bond motifs is 1. The van der Waals surface area contributed by atoms with Crippen LogP contribution in [0.25, 0.3) is 0 Å². The Bertz CT molecular complexity index is 1430. The maximum absolute atomic E-state index is 14.4. The Hall–Kier alpha value is -3.00. The van der Waals surface area contributed by atoms with E-state index >= 15 is 0 Å². The zero-order valence-electron chi connectivity index (χ0n) is 32.6. The minimum Gasteiger partial charge on any atom is -0.346 e. The molecule has 1 saturated heterocycles. The Morgan fingerprint density at radius 2 is 1.57 bits per heavy atom. The topological polar surface area (TPSA) is 174 Å². The van der Waals surface area contributed by atoms with Crippen LogP contribution in [0.5, 0.6) is 0 Å². The predicted octanol–water partition coefficient (Wildman–Crippen LogP) is 3.35. The molecule has 3 rings (SSSR count). The molecule has 0 bridgehead atoms. The van der Waals surface area contributed by atoms with Crippen LogP contribution < -0.4 is 21.3 Å². The van der Waals surface area contributed by atoms with E-state index in [0.717, 1.165) is 19.3 Å². The van der Waals surface area contributed by atoms with E-state index in [-0.39, 0.29) is 36.8 Å². The second kappa shape index (κ2) is 16.3.